The number of nitrogens with one attached hydrogen (secondary N) is 2. The quantitative estimate of drug-likeness (QED) is 0.608. The third kappa shape index (κ3) is 5.61. The average Bonchev–Trinajstić information content (AvgIpc) is 2.47. The van der Waals surface area contributed by atoms with E-state index in [-0.39, 0.29) is 0 Å². The monoisotopic (exact) mass is 282 g/mol. The Labute approximate surface area is 121 Å². The molecule has 0 unspecified atom stereocenters. The Morgan fingerprint density at radius 3 is 2.40 bits per heavy atom. The Morgan fingerprint density at radius 1 is 1.05 bits per heavy atom. The first kappa shape index (κ1) is 16.5. The number of aromatic nitrogens is 2. The van der Waals surface area contributed by atoms with Gasteiger partial charge in [0, 0.05) is 26.3 Å². The van der Waals surface area contributed by atoms with Gasteiger partial charge in [0.05, 0.1) is 7.11 Å². The Morgan fingerprint density at radius 2 is 1.75 bits per heavy atom. The van der Waals surface area contributed by atoms with Crippen LogP contribution in [0.1, 0.15) is 33.1 Å². The lowest BCUT2D eigenvalue weighted by atomic mass is 10.3. The molecule has 6 nitrogen and oxygen atoms in total. The zero-order valence-electron chi connectivity index (χ0n) is 12.7. The van der Waals surface area contributed by atoms with Crippen molar-refractivity contribution < 1.29 is 9.47 Å². The molecule has 0 radical (unpaired) electrons. The van der Waals surface area contributed by atoms with Gasteiger partial charge in [-0.3, -0.25) is 0 Å². The van der Waals surface area contributed by atoms with Gasteiger partial charge in [0.2, 0.25) is 5.75 Å². The van der Waals surface area contributed by atoms with Crippen molar-refractivity contribution in [3.8, 4) is 5.75 Å². The second kappa shape index (κ2) is 10.3. The third-order valence-corrected chi connectivity index (χ3v) is 2.75. The maximum atomic E-state index is 5.51. The molecule has 2 N–H and O–H groups in total. The van der Waals surface area contributed by atoms with E-state index in [0.29, 0.717) is 17.4 Å². The van der Waals surface area contributed by atoms with Crippen molar-refractivity contribution in [2.45, 2.75) is 33.1 Å². The number of hydrogen-bond donors (Lipinski definition) is 2. The third-order valence-electron chi connectivity index (χ3n) is 2.75. The largest absolute Gasteiger partial charge is 0.490 e. The van der Waals surface area contributed by atoms with Crippen LogP contribution in [0.3, 0.4) is 0 Å². The van der Waals surface area contributed by atoms with Crippen molar-refractivity contribution in [2.24, 2.45) is 0 Å². The molecule has 0 bridgehead atoms. The Hall–Kier alpha value is -1.56. The molecule has 0 fully saturated rings. The molecular formula is C14H26N4O2. The highest BCUT2D eigenvalue weighted by Gasteiger charge is 2.10. The van der Waals surface area contributed by atoms with Gasteiger partial charge in [0.25, 0.3) is 0 Å². The van der Waals surface area contributed by atoms with Crippen molar-refractivity contribution in [3.63, 3.8) is 0 Å². The van der Waals surface area contributed by atoms with Crippen LogP contribution in [0.5, 0.6) is 5.75 Å². The number of ether oxygens (including phenoxy) is 2. The van der Waals surface area contributed by atoms with Crippen molar-refractivity contribution in [1.29, 1.82) is 0 Å². The van der Waals surface area contributed by atoms with Gasteiger partial charge in [-0.15, -0.1) is 0 Å². The van der Waals surface area contributed by atoms with Crippen LogP contribution < -0.4 is 15.4 Å². The summed E-state index contributed by atoms with van der Waals surface area (Å²) in [6.45, 7) is 7.37. The molecule has 20 heavy (non-hydrogen) atoms. The molecule has 1 aromatic heterocycles. The summed E-state index contributed by atoms with van der Waals surface area (Å²) in [5.74, 6) is 2.08. The summed E-state index contributed by atoms with van der Waals surface area (Å²) in [4.78, 5) is 8.38. The minimum Gasteiger partial charge on any atom is -0.490 e. The normalized spacial score (nSPS) is 10.3. The maximum Gasteiger partial charge on any atom is 0.204 e. The topological polar surface area (TPSA) is 68.3 Å². The van der Waals surface area contributed by atoms with Crippen molar-refractivity contribution in [3.05, 3.63) is 6.33 Å². The van der Waals surface area contributed by atoms with Crippen molar-refractivity contribution in [1.82, 2.24) is 9.97 Å². The highest BCUT2D eigenvalue weighted by Crippen LogP contribution is 2.28. The first-order chi connectivity index (χ1) is 9.83. The van der Waals surface area contributed by atoms with Gasteiger partial charge in [0.15, 0.2) is 11.6 Å². The van der Waals surface area contributed by atoms with E-state index in [2.05, 4.69) is 27.5 Å². The van der Waals surface area contributed by atoms with Crippen molar-refractivity contribution in [2.75, 3.05) is 44.0 Å². The lowest BCUT2D eigenvalue weighted by molar-refractivity contribution is 0.131. The zero-order valence-corrected chi connectivity index (χ0v) is 12.7. The average molecular weight is 282 g/mol. The molecule has 0 saturated carbocycles. The molecule has 1 heterocycles. The number of nitrogens with zero attached hydrogens (tertiary/aromatic N) is 2. The van der Waals surface area contributed by atoms with Crippen LogP contribution in [0.25, 0.3) is 0 Å². The van der Waals surface area contributed by atoms with Crippen LogP contribution in [0.4, 0.5) is 11.6 Å². The summed E-state index contributed by atoms with van der Waals surface area (Å²) in [6.07, 6.45) is 4.76. The van der Waals surface area contributed by atoms with Gasteiger partial charge in [-0.25, -0.2) is 9.97 Å². The van der Waals surface area contributed by atoms with E-state index < -0.39 is 0 Å². The second-order valence-electron chi connectivity index (χ2n) is 4.38. The van der Waals surface area contributed by atoms with Crippen LogP contribution in [0, 0.1) is 0 Å². The highest BCUT2D eigenvalue weighted by molar-refractivity contribution is 5.63. The number of unbranched alkanes of at least 4 members (excludes halogenated alkanes) is 1. The molecule has 0 aromatic carbocycles. The molecule has 0 aliphatic heterocycles. The fraction of sp³-hybridized carbons (Fsp3) is 0.714. The van der Waals surface area contributed by atoms with Gasteiger partial charge in [-0.1, -0.05) is 13.3 Å². The minimum atomic E-state index is 0.654. The van der Waals surface area contributed by atoms with E-state index in [1.54, 1.807) is 7.11 Å². The fourth-order valence-corrected chi connectivity index (χ4v) is 1.72. The van der Waals surface area contributed by atoms with Crippen LogP contribution >= 0.6 is 0 Å². The summed E-state index contributed by atoms with van der Waals surface area (Å²) in [6, 6.07) is 0. The predicted octanol–water partition coefficient (Wildman–Crippen LogP) is 2.54. The molecule has 0 atom stereocenters. The van der Waals surface area contributed by atoms with Gasteiger partial charge >= 0.3 is 0 Å². The number of hydrogen-bond acceptors (Lipinski definition) is 6. The minimum absolute atomic E-state index is 0.654. The smallest absolute Gasteiger partial charge is 0.204 e. The summed E-state index contributed by atoms with van der Waals surface area (Å²) >= 11 is 0. The Kier molecular flexibility index (Phi) is 8.46. The van der Waals surface area contributed by atoms with Crippen LogP contribution in [0.2, 0.25) is 0 Å². The number of methoxy groups -OCH3 is 1. The summed E-state index contributed by atoms with van der Waals surface area (Å²) in [5, 5.41) is 6.41. The molecule has 0 saturated heterocycles. The standard InChI is InChI=1S/C14H26N4O2/c1-4-6-9-20-10-7-8-16-14-12(19-3)13(15-5-2)17-11-18-14/h11H,4-10H2,1-3H3,(H2,15,16,17,18). The highest BCUT2D eigenvalue weighted by atomic mass is 16.5. The SMILES string of the molecule is CCCCOCCCNc1ncnc(NCC)c1OC. The first-order valence-corrected chi connectivity index (χ1v) is 7.27. The predicted molar refractivity (Wildman–Crippen MR) is 81.6 cm³/mol. The Balaban J connectivity index is 2.37. The molecule has 0 aliphatic carbocycles. The Bertz CT molecular complexity index is 374. The molecule has 114 valence electrons. The van der Waals surface area contributed by atoms with Crippen LogP contribution in [0.15, 0.2) is 6.33 Å². The first-order valence-electron chi connectivity index (χ1n) is 7.27. The molecule has 1 rings (SSSR count). The zero-order chi connectivity index (χ0) is 14.6. The molecule has 0 amide bonds. The van der Waals surface area contributed by atoms with Crippen molar-refractivity contribution >= 4 is 11.6 Å². The van der Waals surface area contributed by atoms with Gasteiger partial charge < -0.3 is 20.1 Å². The van der Waals surface area contributed by atoms with E-state index in [1.807, 2.05) is 6.92 Å². The summed E-state index contributed by atoms with van der Waals surface area (Å²) in [7, 11) is 1.62. The van der Waals surface area contributed by atoms with E-state index in [1.165, 1.54) is 12.7 Å². The van der Waals surface area contributed by atoms with E-state index >= 15 is 0 Å². The maximum absolute atomic E-state index is 5.51. The van der Waals surface area contributed by atoms with Gasteiger partial charge in [-0.2, -0.15) is 0 Å². The lowest BCUT2D eigenvalue weighted by Crippen LogP contribution is -2.10. The number of anilines is 2. The molecule has 1 aromatic rings. The molecular weight excluding hydrogens is 256 g/mol. The number of rotatable bonds is 11. The molecule has 0 spiro atoms. The van der Waals surface area contributed by atoms with Crippen LogP contribution in [-0.2, 0) is 4.74 Å². The lowest BCUT2D eigenvalue weighted by Gasteiger charge is -2.13. The fourth-order valence-electron chi connectivity index (χ4n) is 1.72. The molecule has 0 aliphatic rings. The summed E-state index contributed by atoms with van der Waals surface area (Å²) < 4.78 is 10.9. The van der Waals surface area contributed by atoms with E-state index in [0.717, 1.165) is 39.1 Å². The van der Waals surface area contributed by atoms with Gasteiger partial charge in [0.1, 0.15) is 6.33 Å². The van der Waals surface area contributed by atoms with E-state index in [4.69, 9.17) is 9.47 Å². The van der Waals surface area contributed by atoms with Gasteiger partial charge in [-0.05, 0) is 19.8 Å². The van der Waals surface area contributed by atoms with Crippen LogP contribution in [-0.4, -0.2) is 43.4 Å². The summed E-state index contributed by atoms with van der Waals surface area (Å²) in [5.41, 5.74) is 0. The van der Waals surface area contributed by atoms with E-state index in [9.17, 15) is 0 Å². The second-order valence-corrected chi connectivity index (χ2v) is 4.38. The molecule has 6 heteroatoms.